The minimum Gasteiger partial charge on any atom is -0.478 e. The number of aromatic carboxylic acids is 1. The van der Waals surface area contributed by atoms with Gasteiger partial charge in [0.1, 0.15) is 5.82 Å². The van der Waals surface area contributed by atoms with Crippen LogP contribution in [0.5, 0.6) is 0 Å². The van der Waals surface area contributed by atoms with Crippen LogP contribution in [0.2, 0.25) is 5.02 Å². The van der Waals surface area contributed by atoms with Crippen molar-refractivity contribution in [2.75, 3.05) is 13.2 Å². The normalized spacial score (nSPS) is 16.9. The molecule has 0 atom stereocenters. The number of hydrogen-bond donors (Lipinski definition) is 1. The van der Waals surface area contributed by atoms with Crippen LogP contribution < -0.4 is 0 Å². The molecule has 19 heavy (non-hydrogen) atoms. The van der Waals surface area contributed by atoms with Crippen molar-refractivity contribution >= 4 is 23.2 Å². The third-order valence-electron chi connectivity index (χ3n) is 3.32. The molecular weight excluding hydrogens is 270 g/mol. The molecule has 1 N–H and O–H groups in total. The minimum absolute atomic E-state index is 0.130. The summed E-state index contributed by atoms with van der Waals surface area (Å²) in [7, 11) is 0. The van der Waals surface area contributed by atoms with Crippen molar-refractivity contribution in [3.63, 3.8) is 0 Å². The molecule has 6 nitrogen and oxygen atoms in total. The first kappa shape index (κ1) is 12.4. The van der Waals surface area contributed by atoms with Gasteiger partial charge in [-0.25, -0.2) is 4.79 Å². The molecule has 0 unspecified atom stereocenters. The summed E-state index contributed by atoms with van der Waals surface area (Å²) in [6.45, 7) is 1.37. The predicted octanol–water partition coefficient (Wildman–Crippen LogP) is 1.97. The van der Waals surface area contributed by atoms with Crippen molar-refractivity contribution in [1.82, 2.24) is 14.6 Å². The molecule has 1 fully saturated rings. The van der Waals surface area contributed by atoms with E-state index < -0.39 is 5.97 Å². The molecule has 0 aliphatic carbocycles. The fourth-order valence-electron chi connectivity index (χ4n) is 2.32. The number of halogens is 1. The van der Waals surface area contributed by atoms with Crippen LogP contribution in [0.3, 0.4) is 0 Å². The van der Waals surface area contributed by atoms with E-state index in [1.165, 1.54) is 12.3 Å². The lowest BCUT2D eigenvalue weighted by molar-refractivity contribution is 0.0696. The van der Waals surface area contributed by atoms with E-state index in [0.29, 0.717) is 23.9 Å². The van der Waals surface area contributed by atoms with E-state index in [4.69, 9.17) is 21.4 Å². The largest absolute Gasteiger partial charge is 0.478 e. The van der Waals surface area contributed by atoms with Crippen LogP contribution in [0.1, 0.15) is 34.9 Å². The Bertz CT molecular complexity index is 634. The Morgan fingerprint density at radius 3 is 2.84 bits per heavy atom. The van der Waals surface area contributed by atoms with Gasteiger partial charge in [-0.15, -0.1) is 10.2 Å². The van der Waals surface area contributed by atoms with Crippen LogP contribution in [0.4, 0.5) is 0 Å². The van der Waals surface area contributed by atoms with Gasteiger partial charge in [0.15, 0.2) is 5.65 Å². The van der Waals surface area contributed by atoms with Gasteiger partial charge in [0.25, 0.3) is 0 Å². The molecular formula is C12H12ClN3O3. The maximum atomic E-state index is 11.1. The Labute approximate surface area is 114 Å². The van der Waals surface area contributed by atoms with Crippen LogP contribution >= 0.6 is 11.6 Å². The molecule has 2 aromatic rings. The quantitative estimate of drug-likeness (QED) is 0.911. The molecule has 0 radical (unpaired) electrons. The van der Waals surface area contributed by atoms with Gasteiger partial charge in [0, 0.05) is 25.3 Å². The molecule has 7 heteroatoms. The second-order valence-electron chi connectivity index (χ2n) is 4.52. The summed E-state index contributed by atoms with van der Waals surface area (Å²) in [5.74, 6) is -0.0393. The molecule has 1 aliphatic rings. The zero-order valence-corrected chi connectivity index (χ0v) is 10.8. The van der Waals surface area contributed by atoms with Crippen LogP contribution in [-0.4, -0.2) is 38.9 Å². The smallest absolute Gasteiger partial charge is 0.337 e. The number of rotatable bonds is 2. The van der Waals surface area contributed by atoms with Gasteiger partial charge in [0.2, 0.25) is 0 Å². The first-order chi connectivity index (χ1) is 9.16. The van der Waals surface area contributed by atoms with E-state index >= 15 is 0 Å². The van der Waals surface area contributed by atoms with Crippen LogP contribution in [-0.2, 0) is 4.74 Å². The highest BCUT2D eigenvalue weighted by Gasteiger charge is 2.22. The molecule has 2 aromatic heterocycles. The summed E-state index contributed by atoms with van der Waals surface area (Å²) < 4.78 is 7.00. The summed E-state index contributed by atoms with van der Waals surface area (Å²) >= 11 is 6.05. The first-order valence-corrected chi connectivity index (χ1v) is 6.40. The zero-order valence-electron chi connectivity index (χ0n) is 10.0. The van der Waals surface area contributed by atoms with Crippen molar-refractivity contribution in [1.29, 1.82) is 0 Å². The van der Waals surface area contributed by atoms with Crippen LogP contribution in [0.15, 0.2) is 12.3 Å². The second kappa shape index (κ2) is 4.79. The van der Waals surface area contributed by atoms with E-state index in [1.807, 2.05) is 0 Å². The number of pyridine rings is 1. The molecule has 0 saturated carbocycles. The molecule has 1 aliphatic heterocycles. The Morgan fingerprint density at radius 1 is 1.42 bits per heavy atom. The number of carboxylic acids is 1. The monoisotopic (exact) mass is 281 g/mol. The molecule has 0 amide bonds. The van der Waals surface area contributed by atoms with Crippen molar-refractivity contribution in [2.45, 2.75) is 18.8 Å². The lowest BCUT2D eigenvalue weighted by Crippen LogP contribution is -2.16. The molecule has 3 heterocycles. The third kappa shape index (κ3) is 2.17. The average molecular weight is 282 g/mol. The standard InChI is InChI=1S/C12H12ClN3O3/c13-9-5-8(12(17)18)6-16-10(14-15-11(9)16)7-1-3-19-4-2-7/h5-7H,1-4H2,(H,17,18). The van der Waals surface area contributed by atoms with E-state index in [9.17, 15) is 4.79 Å². The van der Waals surface area contributed by atoms with Gasteiger partial charge in [-0.2, -0.15) is 0 Å². The molecule has 0 aromatic carbocycles. The number of nitrogens with zero attached hydrogens (tertiary/aromatic N) is 3. The SMILES string of the molecule is O=C(O)c1cc(Cl)c2nnc(C3CCOCC3)n2c1. The second-order valence-corrected chi connectivity index (χ2v) is 4.93. The number of carbonyl (C=O) groups is 1. The Hall–Kier alpha value is -1.66. The minimum atomic E-state index is -1.02. The summed E-state index contributed by atoms with van der Waals surface area (Å²) in [5.41, 5.74) is 0.624. The summed E-state index contributed by atoms with van der Waals surface area (Å²) in [5, 5.41) is 17.6. The maximum Gasteiger partial charge on any atom is 0.337 e. The van der Waals surface area contributed by atoms with Gasteiger partial charge in [-0.3, -0.25) is 4.40 Å². The summed E-state index contributed by atoms with van der Waals surface area (Å²) in [6, 6.07) is 1.39. The van der Waals surface area contributed by atoms with E-state index in [2.05, 4.69) is 10.2 Å². The van der Waals surface area contributed by atoms with Gasteiger partial charge in [-0.1, -0.05) is 11.6 Å². The maximum absolute atomic E-state index is 11.1. The highest BCUT2D eigenvalue weighted by molar-refractivity contribution is 6.33. The van der Waals surface area contributed by atoms with Crippen molar-refractivity contribution in [3.05, 3.63) is 28.7 Å². The van der Waals surface area contributed by atoms with E-state index in [0.717, 1.165) is 18.7 Å². The fraction of sp³-hybridized carbons (Fsp3) is 0.417. The number of carboxylic acid groups (broad SMARTS) is 1. The van der Waals surface area contributed by atoms with Gasteiger partial charge in [-0.05, 0) is 18.9 Å². The zero-order chi connectivity index (χ0) is 13.4. The molecule has 1 saturated heterocycles. The van der Waals surface area contributed by atoms with Crippen molar-refractivity contribution in [2.24, 2.45) is 0 Å². The van der Waals surface area contributed by atoms with Crippen molar-refractivity contribution < 1.29 is 14.6 Å². The lowest BCUT2D eigenvalue weighted by atomic mass is 9.99. The van der Waals surface area contributed by atoms with Crippen LogP contribution in [0, 0.1) is 0 Å². The van der Waals surface area contributed by atoms with E-state index in [-0.39, 0.29) is 11.5 Å². The number of aromatic nitrogens is 3. The van der Waals surface area contributed by atoms with Gasteiger partial charge < -0.3 is 9.84 Å². The Morgan fingerprint density at radius 2 is 2.16 bits per heavy atom. The van der Waals surface area contributed by atoms with Gasteiger partial charge in [0.05, 0.1) is 10.6 Å². The predicted molar refractivity (Wildman–Crippen MR) is 67.8 cm³/mol. The first-order valence-electron chi connectivity index (χ1n) is 6.02. The average Bonchev–Trinajstić information content (AvgIpc) is 2.84. The lowest BCUT2D eigenvalue weighted by Gasteiger charge is -2.20. The number of hydrogen-bond acceptors (Lipinski definition) is 4. The topological polar surface area (TPSA) is 76.7 Å². The Kier molecular flexibility index (Phi) is 3.12. The molecule has 100 valence electrons. The third-order valence-corrected chi connectivity index (χ3v) is 3.60. The van der Waals surface area contributed by atoms with Crippen molar-refractivity contribution in [3.8, 4) is 0 Å². The molecule has 0 spiro atoms. The number of ether oxygens (including phenoxy) is 1. The van der Waals surface area contributed by atoms with E-state index in [1.54, 1.807) is 4.40 Å². The molecule has 3 rings (SSSR count). The van der Waals surface area contributed by atoms with Gasteiger partial charge >= 0.3 is 5.97 Å². The summed E-state index contributed by atoms with van der Waals surface area (Å²) in [6.07, 6.45) is 3.24. The summed E-state index contributed by atoms with van der Waals surface area (Å²) in [4.78, 5) is 11.1. The number of fused-ring (bicyclic) bond motifs is 1. The van der Waals surface area contributed by atoms with Crippen LogP contribution in [0.25, 0.3) is 5.65 Å². The highest BCUT2D eigenvalue weighted by Crippen LogP contribution is 2.28. The molecule has 0 bridgehead atoms. The Balaban J connectivity index is 2.12. The fourth-order valence-corrected chi connectivity index (χ4v) is 2.57. The highest BCUT2D eigenvalue weighted by atomic mass is 35.5.